The summed E-state index contributed by atoms with van der Waals surface area (Å²) < 4.78 is 0. The van der Waals surface area contributed by atoms with E-state index in [4.69, 9.17) is 0 Å². The first-order chi connectivity index (χ1) is 9.75. The Bertz CT molecular complexity index is 553. The van der Waals surface area contributed by atoms with Gasteiger partial charge in [-0.1, -0.05) is 44.2 Å². The third-order valence-electron chi connectivity index (χ3n) is 3.84. The van der Waals surface area contributed by atoms with Crippen LogP contribution in [-0.2, 0) is 0 Å². The van der Waals surface area contributed by atoms with Crippen molar-refractivity contribution in [3.63, 3.8) is 0 Å². The lowest BCUT2D eigenvalue weighted by molar-refractivity contribution is 0.778. The zero-order valence-corrected chi connectivity index (χ0v) is 12.1. The molecule has 1 aromatic heterocycles. The van der Waals surface area contributed by atoms with E-state index in [1.807, 2.05) is 6.07 Å². The maximum atomic E-state index is 4.51. The minimum Gasteiger partial charge on any atom is -0.364 e. The second-order valence-corrected chi connectivity index (χ2v) is 5.72. The van der Waals surface area contributed by atoms with Crippen LogP contribution >= 0.6 is 0 Å². The van der Waals surface area contributed by atoms with Crippen molar-refractivity contribution in [2.24, 2.45) is 0 Å². The van der Waals surface area contributed by atoms with Crippen molar-refractivity contribution in [3.8, 4) is 11.3 Å². The summed E-state index contributed by atoms with van der Waals surface area (Å²) in [6.07, 6.45) is 1.16. The topological polar surface area (TPSA) is 52.7 Å². The number of nitrogens with zero attached hydrogens (tertiary/aromatic N) is 1. The predicted octanol–water partition coefficient (Wildman–Crippen LogP) is 2.97. The van der Waals surface area contributed by atoms with Gasteiger partial charge in [0.15, 0.2) is 5.82 Å². The number of rotatable bonds is 4. The fourth-order valence-corrected chi connectivity index (χ4v) is 2.82. The van der Waals surface area contributed by atoms with Crippen molar-refractivity contribution >= 4 is 5.82 Å². The van der Waals surface area contributed by atoms with Crippen molar-refractivity contribution in [3.05, 3.63) is 35.9 Å². The number of H-pyrrole nitrogens is 1. The Morgan fingerprint density at radius 1 is 1.25 bits per heavy atom. The summed E-state index contributed by atoms with van der Waals surface area (Å²) in [5, 5.41) is 14.7. The van der Waals surface area contributed by atoms with E-state index < -0.39 is 0 Å². The maximum Gasteiger partial charge on any atom is 0.152 e. The molecule has 0 aliphatic carbocycles. The minimum absolute atomic E-state index is 0.431. The summed E-state index contributed by atoms with van der Waals surface area (Å²) in [6, 6.07) is 10.9. The van der Waals surface area contributed by atoms with Crippen LogP contribution in [-0.4, -0.2) is 29.3 Å². The standard InChI is InChI=1S/C16H22N4/c1-11(2)14-15(12-6-4-3-5-7-12)19-20-16(14)18-13-8-9-17-10-13/h3-7,11,13,17H,8-10H2,1-2H3,(H2,18,19,20). The quantitative estimate of drug-likeness (QED) is 0.800. The van der Waals surface area contributed by atoms with Gasteiger partial charge in [-0.3, -0.25) is 5.10 Å². The van der Waals surface area contributed by atoms with Crippen LogP contribution in [0.25, 0.3) is 11.3 Å². The van der Waals surface area contributed by atoms with E-state index in [1.54, 1.807) is 0 Å². The molecule has 1 aromatic carbocycles. The van der Waals surface area contributed by atoms with Gasteiger partial charge in [0.1, 0.15) is 0 Å². The van der Waals surface area contributed by atoms with Gasteiger partial charge in [0.05, 0.1) is 5.69 Å². The van der Waals surface area contributed by atoms with Crippen molar-refractivity contribution in [1.29, 1.82) is 0 Å². The number of aromatic nitrogens is 2. The third kappa shape index (κ3) is 2.56. The smallest absolute Gasteiger partial charge is 0.152 e. The van der Waals surface area contributed by atoms with Gasteiger partial charge in [0.25, 0.3) is 0 Å². The molecule has 0 amide bonds. The predicted molar refractivity (Wildman–Crippen MR) is 83.0 cm³/mol. The molecule has 0 bridgehead atoms. The zero-order valence-electron chi connectivity index (χ0n) is 12.1. The summed E-state index contributed by atoms with van der Waals surface area (Å²) in [4.78, 5) is 0. The van der Waals surface area contributed by atoms with Crippen LogP contribution in [0.4, 0.5) is 5.82 Å². The highest BCUT2D eigenvalue weighted by molar-refractivity contribution is 5.70. The summed E-state index contributed by atoms with van der Waals surface area (Å²) in [6.45, 7) is 6.54. The second kappa shape index (κ2) is 5.67. The van der Waals surface area contributed by atoms with Gasteiger partial charge in [-0.05, 0) is 24.4 Å². The fourth-order valence-electron chi connectivity index (χ4n) is 2.82. The van der Waals surface area contributed by atoms with Gasteiger partial charge in [-0.2, -0.15) is 5.10 Å². The molecule has 3 rings (SSSR count). The molecule has 0 saturated carbocycles. The highest BCUT2D eigenvalue weighted by Crippen LogP contribution is 2.33. The summed E-state index contributed by atoms with van der Waals surface area (Å²) in [5.74, 6) is 1.44. The molecule has 2 heterocycles. The van der Waals surface area contributed by atoms with Gasteiger partial charge in [0.2, 0.25) is 0 Å². The van der Waals surface area contributed by atoms with E-state index in [0.29, 0.717) is 12.0 Å². The van der Waals surface area contributed by atoms with E-state index in [2.05, 4.69) is 58.9 Å². The summed E-state index contributed by atoms with van der Waals surface area (Å²) in [5.41, 5.74) is 3.61. The largest absolute Gasteiger partial charge is 0.364 e. The van der Waals surface area contributed by atoms with Gasteiger partial charge >= 0.3 is 0 Å². The second-order valence-electron chi connectivity index (χ2n) is 5.72. The molecule has 3 N–H and O–H groups in total. The normalized spacial score (nSPS) is 18.6. The van der Waals surface area contributed by atoms with Crippen molar-refractivity contribution in [2.45, 2.75) is 32.2 Å². The molecule has 2 aromatic rings. The molecule has 20 heavy (non-hydrogen) atoms. The van der Waals surface area contributed by atoms with Crippen LogP contribution in [0, 0.1) is 0 Å². The molecular formula is C16H22N4. The molecule has 106 valence electrons. The number of nitrogens with one attached hydrogen (secondary N) is 3. The lowest BCUT2D eigenvalue weighted by Gasteiger charge is -2.14. The Balaban J connectivity index is 1.93. The van der Waals surface area contributed by atoms with Crippen molar-refractivity contribution in [2.75, 3.05) is 18.4 Å². The molecule has 1 atom stereocenters. The first kappa shape index (κ1) is 13.2. The lowest BCUT2D eigenvalue weighted by atomic mass is 9.98. The molecule has 4 heteroatoms. The Kier molecular flexibility index (Phi) is 3.74. The van der Waals surface area contributed by atoms with E-state index in [1.165, 1.54) is 11.1 Å². The number of aromatic amines is 1. The molecule has 1 saturated heterocycles. The van der Waals surface area contributed by atoms with Crippen LogP contribution in [0.5, 0.6) is 0 Å². The Labute approximate surface area is 120 Å². The number of hydrogen-bond acceptors (Lipinski definition) is 3. The number of hydrogen-bond donors (Lipinski definition) is 3. The average Bonchev–Trinajstić information content (AvgIpc) is 3.09. The monoisotopic (exact) mass is 270 g/mol. The van der Waals surface area contributed by atoms with Crippen molar-refractivity contribution in [1.82, 2.24) is 15.5 Å². The van der Waals surface area contributed by atoms with Gasteiger partial charge < -0.3 is 10.6 Å². The zero-order chi connectivity index (χ0) is 13.9. The van der Waals surface area contributed by atoms with Gasteiger partial charge in [-0.25, -0.2) is 0 Å². The maximum absolute atomic E-state index is 4.51. The van der Waals surface area contributed by atoms with E-state index in [0.717, 1.165) is 31.0 Å². The summed E-state index contributed by atoms with van der Waals surface area (Å²) in [7, 11) is 0. The molecule has 1 fully saturated rings. The Hall–Kier alpha value is -1.81. The molecule has 0 radical (unpaired) electrons. The third-order valence-corrected chi connectivity index (χ3v) is 3.84. The van der Waals surface area contributed by atoms with Crippen LogP contribution in [0.15, 0.2) is 30.3 Å². The first-order valence-corrected chi connectivity index (χ1v) is 7.36. The van der Waals surface area contributed by atoms with Crippen LogP contribution in [0.1, 0.15) is 31.7 Å². The number of anilines is 1. The van der Waals surface area contributed by atoms with Gasteiger partial charge in [0, 0.05) is 18.2 Å². The van der Waals surface area contributed by atoms with Gasteiger partial charge in [-0.15, -0.1) is 0 Å². The van der Waals surface area contributed by atoms with E-state index in [9.17, 15) is 0 Å². The van der Waals surface area contributed by atoms with Crippen LogP contribution < -0.4 is 10.6 Å². The average molecular weight is 270 g/mol. The van der Waals surface area contributed by atoms with Crippen LogP contribution in [0.3, 0.4) is 0 Å². The SMILES string of the molecule is CC(C)c1c(NC2CCNC2)n[nH]c1-c1ccccc1. The molecule has 1 unspecified atom stereocenters. The molecule has 0 spiro atoms. The summed E-state index contributed by atoms with van der Waals surface area (Å²) >= 11 is 0. The molecule has 1 aliphatic rings. The highest BCUT2D eigenvalue weighted by Gasteiger charge is 2.21. The molecule has 1 aliphatic heterocycles. The van der Waals surface area contributed by atoms with E-state index in [-0.39, 0.29) is 0 Å². The van der Waals surface area contributed by atoms with Crippen molar-refractivity contribution < 1.29 is 0 Å². The minimum atomic E-state index is 0.431. The number of benzene rings is 1. The van der Waals surface area contributed by atoms with Crippen LogP contribution in [0.2, 0.25) is 0 Å². The highest BCUT2D eigenvalue weighted by atomic mass is 15.2. The fraction of sp³-hybridized carbons (Fsp3) is 0.438. The molecular weight excluding hydrogens is 248 g/mol. The Morgan fingerprint density at radius 2 is 2.05 bits per heavy atom. The Morgan fingerprint density at radius 3 is 2.70 bits per heavy atom. The van der Waals surface area contributed by atoms with E-state index >= 15 is 0 Å². The lowest BCUT2D eigenvalue weighted by Crippen LogP contribution is -2.23. The molecule has 4 nitrogen and oxygen atoms in total. The first-order valence-electron chi connectivity index (χ1n) is 7.36.